The number of benzene rings is 2. The van der Waals surface area contributed by atoms with Crippen LogP contribution in [0.2, 0.25) is 0 Å². The molecule has 0 heterocycles. The Labute approximate surface area is 140 Å². The quantitative estimate of drug-likeness (QED) is 0.501. The van der Waals surface area contributed by atoms with Crippen molar-refractivity contribution in [3.05, 3.63) is 64.2 Å². The molecule has 5 nitrogen and oxygen atoms in total. The van der Waals surface area contributed by atoms with Gasteiger partial charge >= 0.3 is 5.97 Å². The number of methoxy groups -OCH3 is 1. The molecular weight excluding hydrogens is 308 g/mol. The number of hydrogen-bond acceptors (Lipinski definition) is 5. The summed E-state index contributed by atoms with van der Waals surface area (Å²) in [5, 5.41) is 9.53. The van der Waals surface area contributed by atoms with Crippen LogP contribution in [0, 0.1) is 13.8 Å². The van der Waals surface area contributed by atoms with Gasteiger partial charge in [-0.2, -0.15) is 0 Å². The highest BCUT2D eigenvalue weighted by molar-refractivity contribution is 6.41. The van der Waals surface area contributed by atoms with Gasteiger partial charge in [0.1, 0.15) is 12.4 Å². The number of esters is 1. The molecule has 0 atom stereocenters. The van der Waals surface area contributed by atoms with Crippen LogP contribution in [0.4, 0.5) is 0 Å². The predicted octanol–water partition coefficient (Wildman–Crippen LogP) is 2.73. The highest BCUT2D eigenvalue weighted by atomic mass is 16.5. The van der Waals surface area contributed by atoms with E-state index in [-0.39, 0.29) is 18.8 Å². The Balaban J connectivity index is 2.34. The number of carbonyl (C=O) groups is 2. The van der Waals surface area contributed by atoms with Gasteiger partial charge in [0.2, 0.25) is 0 Å². The van der Waals surface area contributed by atoms with Crippen LogP contribution >= 0.6 is 0 Å². The largest absolute Gasteiger partial charge is 0.489 e. The Hall–Kier alpha value is -2.66. The molecule has 0 aromatic heterocycles. The van der Waals surface area contributed by atoms with E-state index in [9.17, 15) is 14.7 Å². The topological polar surface area (TPSA) is 72.8 Å². The van der Waals surface area contributed by atoms with E-state index in [0.717, 1.165) is 18.2 Å². The Morgan fingerprint density at radius 1 is 1.12 bits per heavy atom. The summed E-state index contributed by atoms with van der Waals surface area (Å²) in [7, 11) is 1.15. The van der Waals surface area contributed by atoms with Crippen molar-refractivity contribution in [1.29, 1.82) is 0 Å². The number of aliphatic hydroxyl groups excluding tert-OH is 1. The van der Waals surface area contributed by atoms with Gasteiger partial charge < -0.3 is 14.6 Å². The van der Waals surface area contributed by atoms with Gasteiger partial charge in [-0.15, -0.1) is 0 Å². The molecule has 24 heavy (non-hydrogen) atoms. The van der Waals surface area contributed by atoms with E-state index in [0.29, 0.717) is 16.9 Å². The third kappa shape index (κ3) is 3.81. The summed E-state index contributed by atoms with van der Waals surface area (Å²) < 4.78 is 10.3. The van der Waals surface area contributed by atoms with Crippen LogP contribution in [0.15, 0.2) is 36.4 Å². The van der Waals surface area contributed by atoms with Crippen LogP contribution in [-0.2, 0) is 22.7 Å². The fraction of sp³-hybridized carbons (Fsp3) is 0.263. The summed E-state index contributed by atoms with van der Waals surface area (Å²) >= 11 is 0. The molecule has 0 fully saturated rings. The normalized spacial score (nSPS) is 10.3. The van der Waals surface area contributed by atoms with Crippen LogP contribution in [0.3, 0.4) is 0 Å². The van der Waals surface area contributed by atoms with Crippen molar-refractivity contribution < 1.29 is 24.2 Å². The summed E-state index contributed by atoms with van der Waals surface area (Å²) in [5.41, 5.74) is 3.29. The maximum atomic E-state index is 12.2. The molecule has 0 aliphatic carbocycles. The van der Waals surface area contributed by atoms with Gasteiger partial charge in [0.15, 0.2) is 0 Å². The van der Waals surface area contributed by atoms with Crippen LogP contribution in [-0.4, -0.2) is 24.0 Å². The summed E-state index contributed by atoms with van der Waals surface area (Å²) in [6.45, 7) is 3.73. The molecule has 2 aromatic carbocycles. The van der Waals surface area contributed by atoms with E-state index in [1.807, 2.05) is 32.0 Å². The lowest BCUT2D eigenvalue weighted by atomic mass is 9.98. The number of aliphatic hydroxyl groups is 1. The molecule has 2 aromatic rings. The van der Waals surface area contributed by atoms with Crippen molar-refractivity contribution in [3.63, 3.8) is 0 Å². The van der Waals surface area contributed by atoms with Crippen molar-refractivity contribution in [2.45, 2.75) is 27.1 Å². The Kier molecular flexibility index (Phi) is 5.71. The van der Waals surface area contributed by atoms with E-state index in [4.69, 9.17) is 4.74 Å². The molecule has 0 aliphatic rings. The van der Waals surface area contributed by atoms with Gasteiger partial charge in [0, 0.05) is 11.1 Å². The fourth-order valence-electron chi connectivity index (χ4n) is 2.48. The molecule has 0 saturated heterocycles. The first-order valence-electron chi connectivity index (χ1n) is 7.52. The minimum atomic E-state index is -0.946. The molecule has 1 N–H and O–H groups in total. The standard InChI is InChI=1S/C19H20O5/c1-12-7-8-17(13(2)9-12)24-11-16-14(10-20)5-4-6-15(16)18(21)19(22)23-3/h4-9,20H,10-11H2,1-3H3. The van der Waals surface area contributed by atoms with Gasteiger partial charge in [-0.25, -0.2) is 4.79 Å². The molecule has 0 amide bonds. The summed E-state index contributed by atoms with van der Waals surface area (Å²) in [6, 6.07) is 10.6. The number of Topliss-reactive ketones (excluding diaryl/α,β-unsaturated/α-hetero) is 1. The Bertz CT molecular complexity index is 764. The number of ketones is 1. The van der Waals surface area contributed by atoms with Gasteiger partial charge in [0.25, 0.3) is 5.78 Å². The maximum absolute atomic E-state index is 12.2. The zero-order valence-electron chi connectivity index (χ0n) is 14.0. The number of aryl methyl sites for hydroxylation is 2. The van der Waals surface area contributed by atoms with Crippen LogP contribution < -0.4 is 4.74 Å². The molecule has 2 rings (SSSR count). The van der Waals surface area contributed by atoms with E-state index < -0.39 is 11.8 Å². The first kappa shape index (κ1) is 17.7. The highest BCUT2D eigenvalue weighted by Crippen LogP contribution is 2.23. The SMILES string of the molecule is COC(=O)C(=O)c1cccc(CO)c1COc1ccc(C)cc1C. The average molecular weight is 328 g/mol. The lowest BCUT2D eigenvalue weighted by molar-refractivity contribution is -0.135. The predicted molar refractivity (Wildman–Crippen MR) is 89.0 cm³/mol. The molecule has 0 spiro atoms. The molecule has 126 valence electrons. The van der Waals surface area contributed by atoms with E-state index in [1.54, 1.807) is 12.1 Å². The molecule has 0 saturated carbocycles. The second-order valence-corrected chi connectivity index (χ2v) is 5.48. The van der Waals surface area contributed by atoms with E-state index in [1.165, 1.54) is 6.07 Å². The Morgan fingerprint density at radius 2 is 1.88 bits per heavy atom. The lowest BCUT2D eigenvalue weighted by Gasteiger charge is -2.15. The van der Waals surface area contributed by atoms with Crippen molar-refractivity contribution in [3.8, 4) is 5.75 Å². The summed E-state index contributed by atoms with van der Waals surface area (Å²) in [6.07, 6.45) is 0. The number of carbonyl (C=O) groups excluding carboxylic acids is 2. The van der Waals surface area contributed by atoms with Crippen LogP contribution in [0.5, 0.6) is 5.75 Å². The number of ether oxygens (including phenoxy) is 2. The van der Waals surface area contributed by atoms with Crippen LogP contribution in [0.1, 0.15) is 32.6 Å². The van der Waals surface area contributed by atoms with Crippen molar-refractivity contribution >= 4 is 11.8 Å². The molecule has 0 radical (unpaired) electrons. The second kappa shape index (κ2) is 7.75. The molecule has 5 heteroatoms. The third-order valence-electron chi connectivity index (χ3n) is 3.76. The zero-order valence-corrected chi connectivity index (χ0v) is 14.0. The van der Waals surface area contributed by atoms with Gasteiger partial charge in [0.05, 0.1) is 13.7 Å². The number of hydrogen-bond donors (Lipinski definition) is 1. The zero-order chi connectivity index (χ0) is 17.7. The van der Waals surface area contributed by atoms with Crippen molar-refractivity contribution in [2.75, 3.05) is 7.11 Å². The highest BCUT2D eigenvalue weighted by Gasteiger charge is 2.22. The van der Waals surface area contributed by atoms with Crippen LogP contribution in [0.25, 0.3) is 0 Å². The number of rotatable bonds is 6. The fourth-order valence-corrected chi connectivity index (χ4v) is 2.48. The summed E-state index contributed by atoms with van der Waals surface area (Å²) in [4.78, 5) is 23.7. The first-order valence-corrected chi connectivity index (χ1v) is 7.52. The van der Waals surface area contributed by atoms with Crippen molar-refractivity contribution in [2.24, 2.45) is 0 Å². The minimum absolute atomic E-state index is 0.0682. The minimum Gasteiger partial charge on any atom is -0.489 e. The average Bonchev–Trinajstić information content (AvgIpc) is 2.59. The first-order chi connectivity index (χ1) is 11.5. The molecule has 0 unspecified atom stereocenters. The van der Waals surface area contributed by atoms with Gasteiger partial charge in [-0.3, -0.25) is 4.79 Å². The third-order valence-corrected chi connectivity index (χ3v) is 3.76. The lowest BCUT2D eigenvalue weighted by Crippen LogP contribution is -2.19. The molecule has 0 aliphatic heterocycles. The van der Waals surface area contributed by atoms with Gasteiger partial charge in [-0.05, 0) is 31.0 Å². The monoisotopic (exact) mass is 328 g/mol. The van der Waals surface area contributed by atoms with Crippen molar-refractivity contribution in [1.82, 2.24) is 0 Å². The summed E-state index contributed by atoms with van der Waals surface area (Å²) in [5.74, 6) is -1.02. The van der Waals surface area contributed by atoms with E-state index >= 15 is 0 Å². The van der Waals surface area contributed by atoms with Gasteiger partial charge in [-0.1, -0.05) is 35.9 Å². The molecular formula is C19H20O5. The Morgan fingerprint density at radius 3 is 2.50 bits per heavy atom. The maximum Gasteiger partial charge on any atom is 0.379 e. The smallest absolute Gasteiger partial charge is 0.379 e. The van der Waals surface area contributed by atoms with E-state index in [2.05, 4.69) is 4.74 Å². The second-order valence-electron chi connectivity index (χ2n) is 5.48. The molecule has 0 bridgehead atoms.